The lowest BCUT2D eigenvalue weighted by molar-refractivity contribution is -0.147. The fourth-order valence-electron chi connectivity index (χ4n) is 4.84. The zero-order chi connectivity index (χ0) is 34.1. The van der Waals surface area contributed by atoms with Crippen LogP contribution in [0.1, 0.15) is 35.3 Å². The Kier molecular flexibility index (Phi) is 11.8. The quantitative estimate of drug-likeness (QED) is 0.245. The summed E-state index contributed by atoms with van der Waals surface area (Å²) >= 11 is 0. The van der Waals surface area contributed by atoms with Crippen molar-refractivity contribution in [2.24, 2.45) is 11.7 Å². The number of esters is 1. The average Bonchev–Trinajstić information content (AvgIpc) is 3.09. The van der Waals surface area contributed by atoms with Gasteiger partial charge in [0.1, 0.15) is 18.4 Å². The number of methoxy groups -OCH3 is 1. The van der Waals surface area contributed by atoms with E-state index in [1.807, 2.05) is 4.90 Å². The first-order valence-electron chi connectivity index (χ1n) is 15.0. The number of amides is 2. The number of hydrogen-bond donors (Lipinski definition) is 3. The molecule has 1 aliphatic heterocycles. The van der Waals surface area contributed by atoms with Gasteiger partial charge in [-0.1, -0.05) is 26.0 Å². The van der Waals surface area contributed by atoms with Crippen LogP contribution in [0.4, 0.5) is 25.2 Å². The van der Waals surface area contributed by atoms with E-state index in [-0.39, 0.29) is 36.8 Å². The highest BCUT2D eigenvalue weighted by atomic mass is 19.3. The van der Waals surface area contributed by atoms with Crippen LogP contribution in [0.2, 0.25) is 0 Å². The van der Waals surface area contributed by atoms with E-state index in [0.29, 0.717) is 65.6 Å². The molecule has 1 atom stereocenters. The first-order valence-corrected chi connectivity index (χ1v) is 15.0. The lowest BCUT2D eigenvalue weighted by Gasteiger charge is -2.33. The molecule has 2 amide bonds. The highest BCUT2D eigenvalue weighted by Crippen LogP contribution is 2.29. The SMILES string of the molecule is CNC(=O)c1ccc(-c2cnc(N3CCN(C(=O)OC)CC3)nc2)cc1NCc1cc(COC(=O)C(N)C(C)C)ccc1OC(F)F. The fraction of sp³-hybridized carbons (Fsp3) is 0.406. The number of benzene rings is 2. The second kappa shape index (κ2) is 16.0. The second-order valence-corrected chi connectivity index (χ2v) is 11.1. The summed E-state index contributed by atoms with van der Waals surface area (Å²) in [6.07, 6.45) is 2.96. The molecule has 47 heavy (non-hydrogen) atoms. The van der Waals surface area contributed by atoms with Gasteiger partial charge in [-0.3, -0.25) is 9.59 Å². The number of halogens is 2. The van der Waals surface area contributed by atoms with Crippen molar-refractivity contribution in [2.75, 3.05) is 50.6 Å². The largest absolute Gasteiger partial charge is 0.460 e. The summed E-state index contributed by atoms with van der Waals surface area (Å²) in [7, 11) is 2.85. The van der Waals surface area contributed by atoms with E-state index in [1.165, 1.54) is 26.3 Å². The van der Waals surface area contributed by atoms with E-state index in [4.69, 9.17) is 19.9 Å². The van der Waals surface area contributed by atoms with Crippen molar-refractivity contribution in [1.82, 2.24) is 20.2 Å². The molecule has 15 heteroatoms. The van der Waals surface area contributed by atoms with E-state index >= 15 is 0 Å². The van der Waals surface area contributed by atoms with Gasteiger partial charge in [-0.05, 0) is 41.3 Å². The number of nitrogens with zero attached hydrogens (tertiary/aromatic N) is 4. The molecule has 0 spiro atoms. The number of ether oxygens (including phenoxy) is 3. The van der Waals surface area contributed by atoms with Crippen LogP contribution in [0, 0.1) is 5.92 Å². The van der Waals surface area contributed by atoms with Crippen molar-refractivity contribution in [3.8, 4) is 16.9 Å². The van der Waals surface area contributed by atoms with Gasteiger partial charge >= 0.3 is 18.7 Å². The third-order valence-corrected chi connectivity index (χ3v) is 7.64. The Bertz CT molecular complexity index is 1550. The van der Waals surface area contributed by atoms with Crippen molar-refractivity contribution in [1.29, 1.82) is 0 Å². The summed E-state index contributed by atoms with van der Waals surface area (Å²) in [4.78, 5) is 49.4. The van der Waals surface area contributed by atoms with Gasteiger partial charge < -0.3 is 40.4 Å². The number of hydrogen-bond acceptors (Lipinski definition) is 11. The Morgan fingerprint density at radius 1 is 1.00 bits per heavy atom. The van der Waals surface area contributed by atoms with E-state index in [2.05, 4.69) is 20.6 Å². The standard InChI is InChI=1S/C32H39F2N7O6/c1-19(2)27(35)29(43)46-18-20-5-8-26(47-30(33)34)22(13-20)15-37-25-14-21(6-7-24(25)28(42)36-3)23-16-38-31(39-17-23)40-9-11-41(12-10-40)32(44)45-4/h5-8,13-14,16-17,19,27,30,37H,9-12,15,18,35H2,1-4H3,(H,36,42). The van der Waals surface area contributed by atoms with Gasteiger partial charge in [0.25, 0.3) is 5.91 Å². The highest BCUT2D eigenvalue weighted by molar-refractivity contribution is 6.00. The molecule has 2 heterocycles. The minimum Gasteiger partial charge on any atom is -0.460 e. The predicted molar refractivity (Wildman–Crippen MR) is 170 cm³/mol. The number of alkyl halides is 2. The third-order valence-electron chi connectivity index (χ3n) is 7.64. The molecule has 252 valence electrons. The van der Waals surface area contributed by atoms with E-state index in [0.717, 1.165) is 0 Å². The molecule has 3 aromatic rings. The summed E-state index contributed by atoms with van der Waals surface area (Å²) in [5.41, 5.74) is 8.87. The molecule has 4 rings (SSSR count). The molecule has 0 radical (unpaired) electrons. The Hall–Kier alpha value is -5.05. The number of rotatable bonds is 12. The number of carbonyl (C=O) groups excluding carboxylic acids is 3. The summed E-state index contributed by atoms with van der Waals surface area (Å²) in [5, 5.41) is 5.77. The normalized spacial score (nSPS) is 13.7. The molecule has 0 bridgehead atoms. The lowest BCUT2D eigenvalue weighted by Crippen LogP contribution is -2.49. The molecule has 1 aliphatic rings. The Morgan fingerprint density at radius 2 is 1.70 bits per heavy atom. The van der Waals surface area contributed by atoms with Crippen LogP contribution < -0.4 is 26.0 Å². The van der Waals surface area contributed by atoms with Crippen LogP contribution in [0.3, 0.4) is 0 Å². The van der Waals surface area contributed by atoms with Crippen LogP contribution in [0.15, 0.2) is 48.8 Å². The molecule has 4 N–H and O–H groups in total. The maximum atomic E-state index is 13.2. The average molecular weight is 656 g/mol. The fourth-order valence-corrected chi connectivity index (χ4v) is 4.84. The molecule has 1 fully saturated rings. The van der Waals surface area contributed by atoms with Gasteiger partial charge in [0, 0.05) is 69.0 Å². The number of anilines is 2. The zero-order valence-electron chi connectivity index (χ0n) is 26.7. The van der Waals surface area contributed by atoms with Gasteiger partial charge in [-0.15, -0.1) is 0 Å². The number of aromatic nitrogens is 2. The van der Waals surface area contributed by atoms with Crippen molar-refractivity contribution in [2.45, 2.75) is 39.7 Å². The van der Waals surface area contributed by atoms with E-state index in [9.17, 15) is 23.2 Å². The van der Waals surface area contributed by atoms with Crippen molar-refractivity contribution in [3.63, 3.8) is 0 Å². The maximum absolute atomic E-state index is 13.2. The van der Waals surface area contributed by atoms with Gasteiger partial charge in [0.15, 0.2) is 0 Å². The summed E-state index contributed by atoms with van der Waals surface area (Å²) < 4.78 is 41.3. The molecular formula is C32H39F2N7O6. The van der Waals surface area contributed by atoms with Crippen molar-refractivity contribution < 1.29 is 37.4 Å². The smallest absolute Gasteiger partial charge is 0.409 e. The molecule has 2 aromatic carbocycles. The summed E-state index contributed by atoms with van der Waals surface area (Å²) in [5.74, 6) is -0.604. The minimum atomic E-state index is -3.06. The van der Waals surface area contributed by atoms with E-state index in [1.54, 1.807) is 55.4 Å². The molecule has 1 unspecified atom stereocenters. The summed E-state index contributed by atoms with van der Waals surface area (Å²) in [6.45, 7) is 2.49. The minimum absolute atomic E-state index is 0.00418. The summed E-state index contributed by atoms with van der Waals surface area (Å²) in [6, 6.07) is 8.82. The van der Waals surface area contributed by atoms with Gasteiger partial charge in [0.2, 0.25) is 5.95 Å². The predicted octanol–water partition coefficient (Wildman–Crippen LogP) is 3.63. The zero-order valence-corrected chi connectivity index (χ0v) is 26.7. The Labute approximate surface area is 271 Å². The van der Waals surface area contributed by atoms with Crippen LogP contribution in [0.5, 0.6) is 5.75 Å². The maximum Gasteiger partial charge on any atom is 0.409 e. The molecule has 1 saturated heterocycles. The molecule has 13 nitrogen and oxygen atoms in total. The van der Waals surface area contributed by atoms with Crippen molar-refractivity contribution in [3.05, 3.63) is 65.5 Å². The molecular weight excluding hydrogens is 616 g/mol. The van der Waals surface area contributed by atoms with E-state index < -0.39 is 18.6 Å². The number of nitrogens with two attached hydrogens (primary N) is 1. The van der Waals surface area contributed by atoms with Crippen LogP contribution in [0.25, 0.3) is 11.1 Å². The van der Waals surface area contributed by atoms with Crippen LogP contribution >= 0.6 is 0 Å². The van der Waals surface area contributed by atoms with Gasteiger partial charge in [-0.2, -0.15) is 8.78 Å². The molecule has 1 aromatic heterocycles. The first-order chi connectivity index (χ1) is 22.5. The lowest BCUT2D eigenvalue weighted by atomic mass is 10.0. The Morgan fingerprint density at radius 3 is 2.32 bits per heavy atom. The van der Waals surface area contributed by atoms with Gasteiger partial charge in [-0.25, -0.2) is 14.8 Å². The van der Waals surface area contributed by atoms with Crippen LogP contribution in [-0.2, 0) is 27.4 Å². The monoisotopic (exact) mass is 655 g/mol. The number of carbonyl (C=O) groups is 3. The number of nitrogens with one attached hydrogen (secondary N) is 2. The second-order valence-electron chi connectivity index (χ2n) is 11.1. The highest BCUT2D eigenvalue weighted by Gasteiger charge is 2.23. The number of piperazine rings is 1. The topological polar surface area (TPSA) is 161 Å². The van der Waals surface area contributed by atoms with Gasteiger partial charge in [0.05, 0.1) is 12.7 Å². The Balaban J connectivity index is 1.53. The van der Waals surface area contributed by atoms with Crippen LogP contribution in [-0.4, -0.2) is 85.8 Å². The molecule has 0 aliphatic carbocycles. The molecule has 0 saturated carbocycles. The third kappa shape index (κ3) is 9.03. The first kappa shape index (κ1) is 34.8. The van der Waals surface area contributed by atoms with Crippen molar-refractivity contribution >= 4 is 29.6 Å².